The quantitative estimate of drug-likeness (QED) is 0.706. The Morgan fingerprint density at radius 3 is 2.11 bits per heavy atom. The van der Waals surface area contributed by atoms with Crippen molar-refractivity contribution in [3.63, 3.8) is 0 Å². The Morgan fingerprint density at radius 2 is 1.54 bits per heavy atom. The van der Waals surface area contributed by atoms with Crippen LogP contribution in [0.2, 0.25) is 0 Å². The Kier molecular flexibility index (Phi) is 5.22. The Balaban J connectivity index is 1.81. The maximum Gasteiger partial charge on any atom is 0.434 e. The number of nitrogens with zero attached hydrogens (tertiary/aromatic N) is 3. The van der Waals surface area contributed by atoms with Crippen molar-refractivity contribution in [3.05, 3.63) is 30.6 Å². The number of benzene rings is 1. The van der Waals surface area contributed by atoms with E-state index in [9.17, 15) is 31.1 Å². The zero-order valence-corrected chi connectivity index (χ0v) is 14.7. The van der Waals surface area contributed by atoms with Crippen molar-refractivity contribution in [1.29, 1.82) is 0 Å². The summed E-state index contributed by atoms with van der Waals surface area (Å²) in [7, 11) is 2.00. The van der Waals surface area contributed by atoms with Crippen LogP contribution in [0.5, 0.6) is 0 Å². The Morgan fingerprint density at radius 1 is 0.964 bits per heavy atom. The first-order chi connectivity index (χ1) is 12.9. The van der Waals surface area contributed by atoms with Gasteiger partial charge >= 0.3 is 18.4 Å². The van der Waals surface area contributed by atoms with Crippen molar-refractivity contribution in [2.75, 3.05) is 38.1 Å². The van der Waals surface area contributed by atoms with Crippen LogP contribution >= 0.6 is 0 Å². The predicted molar refractivity (Wildman–Crippen MR) is 89.4 cm³/mol. The van der Waals surface area contributed by atoms with E-state index in [1.165, 1.54) is 0 Å². The van der Waals surface area contributed by atoms with Gasteiger partial charge in [0.15, 0.2) is 0 Å². The van der Waals surface area contributed by atoms with Gasteiger partial charge in [0.1, 0.15) is 0 Å². The topological polar surface area (TPSA) is 37.7 Å². The fraction of sp³-hybridized carbons (Fsp3) is 0.471. The maximum absolute atomic E-state index is 12.6. The average Bonchev–Trinajstić information content (AvgIpc) is 3.01. The molecule has 0 N–H and O–H groups in total. The zero-order chi connectivity index (χ0) is 20.7. The van der Waals surface area contributed by atoms with Crippen LogP contribution in [0.1, 0.15) is 0 Å². The lowest BCUT2D eigenvalue weighted by Gasteiger charge is -2.34. The molecule has 0 unspecified atom stereocenters. The molecule has 11 heteroatoms. The number of likely N-dealkylation sites (N-methyl/N-ethyl adjacent to an activating group) is 1. The largest absolute Gasteiger partial charge is 0.434 e. The minimum absolute atomic E-state index is 0.491. The molecule has 0 spiro atoms. The number of anilines is 1. The average molecular weight is 409 g/mol. The lowest BCUT2D eigenvalue weighted by atomic mass is 10.2. The van der Waals surface area contributed by atoms with Crippen LogP contribution in [0, 0.1) is 0 Å². The number of carbonyl (C=O) groups is 1. The minimum atomic E-state index is -5.75. The Bertz CT molecular complexity index is 839. The lowest BCUT2D eigenvalue weighted by molar-refractivity contribution is -0.306. The standard InChI is InChI=1S/C17H17F6N3O2/c1-24-4-6-25(7-5-24)13-3-2-11-9-26(10-12(11)8-13)15(27)28-14(16(18,19)20)17(21,22)23/h2-3,8-10,14H,4-7H2,1H3. The van der Waals surface area contributed by atoms with Gasteiger partial charge in [0.05, 0.1) is 0 Å². The van der Waals surface area contributed by atoms with Crippen LogP contribution < -0.4 is 4.90 Å². The molecule has 1 saturated heterocycles. The molecule has 2 aromatic rings. The predicted octanol–water partition coefficient (Wildman–Crippen LogP) is 3.87. The van der Waals surface area contributed by atoms with Gasteiger partial charge in [0.2, 0.25) is 0 Å². The van der Waals surface area contributed by atoms with Crippen LogP contribution in [-0.2, 0) is 4.74 Å². The van der Waals surface area contributed by atoms with Crippen LogP contribution in [0.4, 0.5) is 36.8 Å². The Hall–Kier alpha value is -2.43. The van der Waals surface area contributed by atoms with E-state index in [2.05, 4.69) is 14.5 Å². The van der Waals surface area contributed by atoms with E-state index >= 15 is 0 Å². The van der Waals surface area contributed by atoms with Gasteiger partial charge in [-0.15, -0.1) is 0 Å². The van der Waals surface area contributed by atoms with Crippen LogP contribution in [0.25, 0.3) is 10.8 Å². The van der Waals surface area contributed by atoms with Gasteiger partial charge in [-0.2, -0.15) is 26.3 Å². The molecule has 1 fully saturated rings. The number of hydrogen-bond acceptors (Lipinski definition) is 4. The van der Waals surface area contributed by atoms with Crippen molar-refractivity contribution >= 4 is 22.6 Å². The van der Waals surface area contributed by atoms with Gasteiger partial charge in [-0.25, -0.2) is 4.79 Å². The molecule has 0 aliphatic carbocycles. The van der Waals surface area contributed by atoms with Crippen LogP contribution in [0.15, 0.2) is 30.6 Å². The second-order valence-electron chi connectivity index (χ2n) is 6.62. The first-order valence-electron chi connectivity index (χ1n) is 8.35. The SMILES string of the molecule is CN1CCN(c2ccc3cn(C(=O)OC(C(F)(F)F)C(F)(F)F)cc3c2)CC1. The molecule has 0 atom stereocenters. The van der Waals surface area contributed by atoms with Crippen molar-refractivity contribution in [2.24, 2.45) is 0 Å². The summed E-state index contributed by atoms with van der Waals surface area (Å²) in [4.78, 5) is 16.1. The molecular weight excluding hydrogens is 392 g/mol. The molecule has 1 aromatic heterocycles. The first kappa shape index (κ1) is 20.3. The summed E-state index contributed by atoms with van der Waals surface area (Å²) in [6.45, 7) is 3.29. The van der Waals surface area contributed by atoms with E-state index in [-0.39, 0.29) is 0 Å². The molecule has 0 bridgehead atoms. The highest BCUT2D eigenvalue weighted by Crippen LogP contribution is 2.36. The molecule has 0 saturated carbocycles. The number of piperazine rings is 1. The highest BCUT2D eigenvalue weighted by Gasteiger charge is 2.60. The number of aromatic nitrogens is 1. The van der Waals surface area contributed by atoms with E-state index in [1.54, 1.807) is 18.2 Å². The molecule has 28 heavy (non-hydrogen) atoms. The molecule has 1 aromatic carbocycles. The first-order valence-corrected chi connectivity index (χ1v) is 8.35. The minimum Gasteiger partial charge on any atom is -0.426 e. The molecule has 3 rings (SSSR count). The van der Waals surface area contributed by atoms with E-state index in [0.29, 0.717) is 15.3 Å². The van der Waals surface area contributed by atoms with Gasteiger partial charge in [-0.1, -0.05) is 6.07 Å². The number of fused-ring (bicyclic) bond motifs is 1. The smallest absolute Gasteiger partial charge is 0.426 e. The molecule has 0 amide bonds. The summed E-state index contributed by atoms with van der Waals surface area (Å²) in [5, 5.41) is 0.995. The summed E-state index contributed by atoms with van der Waals surface area (Å²) < 4.78 is 79.7. The lowest BCUT2D eigenvalue weighted by Crippen LogP contribution is -2.46. The second-order valence-corrected chi connectivity index (χ2v) is 6.62. The van der Waals surface area contributed by atoms with Crippen molar-refractivity contribution < 1.29 is 35.9 Å². The third-order valence-corrected chi connectivity index (χ3v) is 4.52. The summed E-state index contributed by atoms with van der Waals surface area (Å²) in [6, 6.07) is 5.17. The molecule has 2 heterocycles. The van der Waals surface area contributed by atoms with Crippen LogP contribution in [-0.4, -0.2) is 67.2 Å². The molecule has 154 valence electrons. The van der Waals surface area contributed by atoms with E-state index < -0.39 is 24.5 Å². The molecule has 5 nitrogen and oxygen atoms in total. The number of rotatable bonds is 2. The van der Waals surface area contributed by atoms with Gasteiger partial charge in [-0.05, 0) is 19.2 Å². The maximum atomic E-state index is 12.6. The van der Waals surface area contributed by atoms with Gasteiger partial charge in [0.25, 0.3) is 6.10 Å². The summed E-state index contributed by atoms with van der Waals surface area (Å²) in [5.41, 5.74) is 0.857. The second kappa shape index (κ2) is 7.19. The number of hydrogen-bond donors (Lipinski definition) is 0. The van der Waals surface area contributed by atoms with Gasteiger partial charge < -0.3 is 14.5 Å². The number of halogens is 6. The van der Waals surface area contributed by atoms with Gasteiger partial charge in [0, 0.05) is 55.0 Å². The van der Waals surface area contributed by atoms with E-state index in [0.717, 1.165) is 44.3 Å². The van der Waals surface area contributed by atoms with Crippen molar-refractivity contribution in [3.8, 4) is 0 Å². The summed E-state index contributed by atoms with van der Waals surface area (Å²) in [5.74, 6) is 0. The normalized spacial score (nSPS) is 16.8. The van der Waals surface area contributed by atoms with Gasteiger partial charge in [-0.3, -0.25) is 4.57 Å². The number of alkyl halides is 6. The third-order valence-electron chi connectivity index (χ3n) is 4.52. The molecule has 1 aliphatic heterocycles. The highest BCUT2D eigenvalue weighted by molar-refractivity contribution is 5.89. The summed E-state index contributed by atoms with van der Waals surface area (Å²) >= 11 is 0. The van der Waals surface area contributed by atoms with Crippen LogP contribution in [0.3, 0.4) is 0 Å². The Labute approximate surface area is 156 Å². The molecule has 0 radical (unpaired) electrons. The van der Waals surface area contributed by atoms with E-state index in [1.807, 2.05) is 7.05 Å². The van der Waals surface area contributed by atoms with Crippen molar-refractivity contribution in [2.45, 2.75) is 18.5 Å². The fourth-order valence-electron chi connectivity index (χ4n) is 2.98. The van der Waals surface area contributed by atoms with Crippen molar-refractivity contribution in [1.82, 2.24) is 9.47 Å². The number of carbonyl (C=O) groups excluding carboxylic acids is 1. The molecule has 1 aliphatic rings. The third kappa shape index (κ3) is 4.34. The fourth-order valence-corrected chi connectivity index (χ4v) is 2.98. The monoisotopic (exact) mass is 409 g/mol. The zero-order valence-electron chi connectivity index (χ0n) is 14.7. The van der Waals surface area contributed by atoms with E-state index in [4.69, 9.17) is 0 Å². The number of ether oxygens (including phenoxy) is 1. The summed E-state index contributed by atoms with van der Waals surface area (Å²) in [6.07, 6.45) is -15.2. The highest BCUT2D eigenvalue weighted by atomic mass is 19.4. The molecular formula is C17H17F6N3O2.